The summed E-state index contributed by atoms with van der Waals surface area (Å²) in [5, 5.41) is 4.01. The standard InChI is InChI=1S/C20H19N3O3/c1-25-17-9-7-16(8-10-17)23-12-11-15(14-23)13-21-22-20(24)18-5-3-4-6-19(18)26-2/h3-14H,1-2H3,(H,22,24)/b21-13-. The van der Waals surface area contributed by atoms with E-state index in [0.29, 0.717) is 11.3 Å². The van der Waals surface area contributed by atoms with Crippen molar-refractivity contribution in [3.63, 3.8) is 0 Å². The predicted octanol–water partition coefficient (Wildman–Crippen LogP) is 3.26. The minimum absolute atomic E-state index is 0.326. The number of nitrogens with zero attached hydrogens (tertiary/aromatic N) is 2. The first-order valence-electron chi connectivity index (χ1n) is 8.00. The van der Waals surface area contributed by atoms with Crippen molar-refractivity contribution in [2.75, 3.05) is 14.2 Å². The highest BCUT2D eigenvalue weighted by atomic mass is 16.5. The van der Waals surface area contributed by atoms with Crippen LogP contribution in [0.4, 0.5) is 0 Å². The molecule has 0 saturated carbocycles. The maximum absolute atomic E-state index is 12.2. The molecular weight excluding hydrogens is 330 g/mol. The lowest BCUT2D eigenvalue weighted by atomic mass is 10.2. The summed E-state index contributed by atoms with van der Waals surface area (Å²) < 4.78 is 12.3. The molecule has 6 heteroatoms. The lowest BCUT2D eigenvalue weighted by molar-refractivity contribution is 0.0952. The van der Waals surface area contributed by atoms with Gasteiger partial charge in [-0.15, -0.1) is 0 Å². The Labute approximate surface area is 151 Å². The highest BCUT2D eigenvalue weighted by Crippen LogP contribution is 2.17. The third kappa shape index (κ3) is 3.92. The summed E-state index contributed by atoms with van der Waals surface area (Å²) in [7, 11) is 3.16. The van der Waals surface area contributed by atoms with E-state index < -0.39 is 0 Å². The molecule has 0 saturated heterocycles. The number of hydrogen-bond donors (Lipinski definition) is 1. The number of hydrogen-bond acceptors (Lipinski definition) is 4. The van der Waals surface area contributed by atoms with Crippen LogP contribution in [0.15, 0.2) is 72.1 Å². The summed E-state index contributed by atoms with van der Waals surface area (Å²) in [6.07, 6.45) is 5.43. The second-order valence-corrected chi connectivity index (χ2v) is 5.45. The van der Waals surface area contributed by atoms with Gasteiger partial charge < -0.3 is 14.0 Å². The van der Waals surface area contributed by atoms with Crippen molar-refractivity contribution in [1.82, 2.24) is 9.99 Å². The molecular formula is C20H19N3O3. The van der Waals surface area contributed by atoms with Crippen LogP contribution in [0, 0.1) is 0 Å². The van der Waals surface area contributed by atoms with Gasteiger partial charge in [0.1, 0.15) is 11.5 Å². The third-order valence-corrected chi connectivity index (χ3v) is 3.82. The number of nitrogens with one attached hydrogen (secondary N) is 1. The summed E-state index contributed by atoms with van der Waals surface area (Å²) >= 11 is 0. The van der Waals surface area contributed by atoms with E-state index in [0.717, 1.165) is 17.0 Å². The maximum atomic E-state index is 12.2. The van der Waals surface area contributed by atoms with E-state index in [1.807, 2.05) is 47.3 Å². The van der Waals surface area contributed by atoms with Crippen LogP contribution in [0.2, 0.25) is 0 Å². The van der Waals surface area contributed by atoms with Gasteiger partial charge in [-0.2, -0.15) is 5.10 Å². The Balaban J connectivity index is 1.66. The van der Waals surface area contributed by atoms with Crippen molar-refractivity contribution in [1.29, 1.82) is 0 Å². The van der Waals surface area contributed by atoms with Gasteiger partial charge >= 0.3 is 0 Å². The molecule has 0 radical (unpaired) electrons. The van der Waals surface area contributed by atoms with Crippen LogP contribution in [0.5, 0.6) is 11.5 Å². The molecule has 3 rings (SSSR count). The van der Waals surface area contributed by atoms with E-state index in [2.05, 4.69) is 10.5 Å². The van der Waals surface area contributed by atoms with Crippen LogP contribution in [-0.2, 0) is 0 Å². The van der Waals surface area contributed by atoms with Crippen molar-refractivity contribution < 1.29 is 14.3 Å². The van der Waals surface area contributed by atoms with Crippen molar-refractivity contribution >= 4 is 12.1 Å². The number of methoxy groups -OCH3 is 2. The van der Waals surface area contributed by atoms with Crippen LogP contribution < -0.4 is 14.9 Å². The highest BCUT2D eigenvalue weighted by molar-refractivity contribution is 5.97. The third-order valence-electron chi connectivity index (χ3n) is 3.82. The molecule has 0 unspecified atom stereocenters. The average Bonchev–Trinajstić information content (AvgIpc) is 3.16. The fourth-order valence-corrected chi connectivity index (χ4v) is 2.46. The molecule has 132 valence electrons. The first-order valence-corrected chi connectivity index (χ1v) is 8.00. The van der Waals surface area contributed by atoms with Crippen molar-refractivity contribution in [2.24, 2.45) is 5.10 Å². The Morgan fingerprint density at radius 1 is 1.04 bits per heavy atom. The molecule has 1 aromatic heterocycles. The molecule has 1 N–H and O–H groups in total. The molecule has 0 bridgehead atoms. The molecule has 0 atom stereocenters. The fraction of sp³-hybridized carbons (Fsp3) is 0.100. The lowest BCUT2D eigenvalue weighted by Crippen LogP contribution is -2.18. The van der Waals surface area contributed by atoms with E-state index in [1.165, 1.54) is 7.11 Å². The summed E-state index contributed by atoms with van der Waals surface area (Å²) in [4.78, 5) is 12.2. The fourth-order valence-electron chi connectivity index (χ4n) is 2.46. The largest absolute Gasteiger partial charge is 0.497 e. The highest BCUT2D eigenvalue weighted by Gasteiger charge is 2.10. The average molecular weight is 349 g/mol. The van der Waals surface area contributed by atoms with E-state index in [-0.39, 0.29) is 5.91 Å². The Hall–Kier alpha value is -3.54. The van der Waals surface area contributed by atoms with Gasteiger partial charge in [-0.05, 0) is 42.5 Å². The van der Waals surface area contributed by atoms with Gasteiger partial charge in [-0.25, -0.2) is 5.43 Å². The van der Waals surface area contributed by atoms with Gasteiger partial charge in [0.15, 0.2) is 0 Å². The topological polar surface area (TPSA) is 64.8 Å². The maximum Gasteiger partial charge on any atom is 0.275 e. The molecule has 3 aromatic rings. The molecule has 1 amide bonds. The Morgan fingerprint density at radius 3 is 2.54 bits per heavy atom. The molecule has 2 aromatic carbocycles. The van der Waals surface area contributed by atoms with Crippen LogP contribution >= 0.6 is 0 Å². The molecule has 0 aliphatic carbocycles. The van der Waals surface area contributed by atoms with Crippen LogP contribution in [-0.4, -0.2) is 30.9 Å². The minimum atomic E-state index is -0.326. The number of carbonyl (C=O) groups is 1. The predicted molar refractivity (Wildman–Crippen MR) is 100 cm³/mol. The van der Waals surface area contributed by atoms with Gasteiger partial charge in [-0.3, -0.25) is 4.79 Å². The van der Waals surface area contributed by atoms with Crippen LogP contribution in [0.25, 0.3) is 5.69 Å². The Morgan fingerprint density at radius 2 is 1.81 bits per heavy atom. The number of para-hydroxylation sites is 1. The minimum Gasteiger partial charge on any atom is -0.497 e. The zero-order chi connectivity index (χ0) is 18.4. The van der Waals surface area contributed by atoms with Gasteiger partial charge in [0.05, 0.1) is 26.0 Å². The van der Waals surface area contributed by atoms with E-state index in [1.54, 1.807) is 37.6 Å². The number of benzene rings is 2. The van der Waals surface area contributed by atoms with E-state index in [4.69, 9.17) is 9.47 Å². The van der Waals surface area contributed by atoms with Crippen molar-refractivity contribution in [2.45, 2.75) is 0 Å². The number of ether oxygens (including phenoxy) is 2. The van der Waals surface area contributed by atoms with Crippen molar-refractivity contribution in [3.05, 3.63) is 78.1 Å². The monoisotopic (exact) mass is 349 g/mol. The summed E-state index contributed by atoms with van der Waals surface area (Å²) in [5.74, 6) is 0.987. The summed E-state index contributed by atoms with van der Waals surface area (Å²) in [6.45, 7) is 0. The molecule has 0 aliphatic rings. The second kappa shape index (κ2) is 8.02. The molecule has 0 fully saturated rings. The number of hydrazone groups is 1. The number of amides is 1. The molecule has 0 spiro atoms. The first-order chi connectivity index (χ1) is 12.7. The Kier molecular flexibility index (Phi) is 5.34. The number of aromatic nitrogens is 1. The normalized spacial score (nSPS) is 10.7. The summed E-state index contributed by atoms with van der Waals surface area (Å²) in [6, 6.07) is 16.6. The molecule has 26 heavy (non-hydrogen) atoms. The summed E-state index contributed by atoms with van der Waals surface area (Å²) in [5.41, 5.74) is 4.81. The van der Waals surface area contributed by atoms with Crippen LogP contribution in [0.1, 0.15) is 15.9 Å². The lowest BCUT2D eigenvalue weighted by Gasteiger charge is -2.05. The van der Waals surface area contributed by atoms with Crippen LogP contribution in [0.3, 0.4) is 0 Å². The molecule has 1 heterocycles. The number of carbonyl (C=O) groups excluding carboxylic acids is 1. The molecule has 0 aliphatic heterocycles. The smallest absolute Gasteiger partial charge is 0.275 e. The van der Waals surface area contributed by atoms with Crippen molar-refractivity contribution in [3.8, 4) is 17.2 Å². The molecule has 6 nitrogen and oxygen atoms in total. The Bertz CT molecular complexity index is 914. The SMILES string of the molecule is COc1ccc(-n2ccc(/C=N\NC(=O)c3ccccc3OC)c2)cc1. The zero-order valence-corrected chi connectivity index (χ0v) is 14.5. The zero-order valence-electron chi connectivity index (χ0n) is 14.5. The second-order valence-electron chi connectivity index (χ2n) is 5.45. The first kappa shape index (κ1) is 17.3. The van der Waals surface area contributed by atoms with Gasteiger partial charge in [-0.1, -0.05) is 12.1 Å². The van der Waals surface area contributed by atoms with E-state index in [9.17, 15) is 4.79 Å². The number of rotatable bonds is 6. The van der Waals surface area contributed by atoms with Gasteiger partial charge in [0.25, 0.3) is 5.91 Å². The van der Waals surface area contributed by atoms with E-state index >= 15 is 0 Å². The quantitative estimate of drug-likeness (QED) is 0.549. The van der Waals surface area contributed by atoms with Gasteiger partial charge in [0, 0.05) is 23.6 Å². The van der Waals surface area contributed by atoms with Gasteiger partial charge in [0.2, 0.25) is 0 Å².